The van der Waals surface area contributed by atoms with Crippen LogP contribution in [0.5, 0.6) is 0 Å². The minimum absolute atomic E-state index is 0.149. The fourth-order valence-corrected chi connectivity index (χ4v) is 3.75. The Morgan fingerprint density at radius 3 is 2.79 bits per heavy atom. The normalized spacial score (nSPS) is 18.5. The van der Waals surface area contributed by atoms with Crippen molar-refractivity contribution in [2.75, 3.05) is 18.2 Å². The van der Waals surface area contributed by atoms with E-state index in [4.69, 9.17) is 4.74 Å². The molecule has 1 aliphatic rings. The van der Waals surface area contributed by atoms with Gasteiger partial charge in [0.15, 0.2) is 6.29 Å². The summed E-state index contributed by atoms with van der Waals surface area (Å²) in [6, 6.07) is 9.26. The van der Waals surface area contributed by atoms with Gasteiger partial charge in [0.1, 0.15) is 12.1 Å². The van der Waals surface area contributed by atoms with Gasteiger partial charge in [-0.15, -0.1) is 0 Å². The van der Waals surface area contributed by atoms with Crippen LogP contribution in [-0.4, -0.2) is 33.1 Å². The molecule has 0 spiro atoms. The zero-order chi connectivity index (χ0) is 13.9. The Bertz CT molecular complexity index is 447. The summed E-state index contributed by atoms with van der Waals surface area (Å²) in [6.07, 6.45) is 0.993. The standard InChI is InChI=1S/C14H21NO2SSi/c1-19(2,3)9-8-17-11-15-12-6-4-5-7-13(12)18-14(15)10-16/h4-7,10,14H,8-9,11H2,1-3H3. The van der Waals surface area contributed by atoms with Gasteiger partial charge in [0, 0.05) is 19.6 Å². The lowest BCUT2D eigenvalue weighted by Gasteiger charge is -2.23. The third-order valence-corrected chi connectivity index (χ3v) is 5.98. The molecule has 2 rings (SSSR count). The van der Waals surface area contributed by atoms with Gasteiger partial charge in [0.25, 0.3) is 0 Å². The molecule has 1 aromatic carbocycles. The van der Waals surface area contributed by atoms with Crippen LogP contribution in [0.15, 0.2) is 29.2 Å². The molecule has 5 heteroatoms. The number of carbonyl (C=O) groups is 1. The summed E-state index contributed by atoms with van der Waals surface area (Å²) in [5.41, 5.74) is 1.11. The van der Waals surface area contributed by atoms with E-state index >= 15 is 0 Å². The summed E-state index contributed by atoms with van der Waals surface area (Å²) in [5.74, 6) is 0. The lowest BCUT2D eigenvalue weighted by molar-refractivity contribution is -0.107. The molecule has 0 fully saturated rings. The molecule has 104 valence electrons. The Hall–Kier alpha value is -0.783. The van der Waals surface area contributed by atoms with E-state index in [1.165, 1.54) is 0 Å². The molecule has 0 aliphatic carbocycles. The first-order valence-corrected chi connectivity index (χ1v) is 11.2. The van der Waals surface area contributed by atoms with Gasteiger partial charge < -0.3 is 14.4 Å². The van der Waals surface area contributed by atoms with Crippen molar-refractivity contribution >= 4 is 31.8 Å². The van der Waals surface area contributed by atoms with Crippen molar-refractivity contribution in [3.63, 3.8) is 0 Å². The molecule has 0 N–H and O–H groups in total. The third-order valence-electron chi connectivity index (χ3n) is 3.07. The number of thioether (sulfide) groups is 1. The average Bonchev–Trinajstić information content (AvgIpc) is 2.71. The van der Waals surface area contributed by atoms with Gasteiger partial charge in [-0.05, 0) is 18.2 Å². The van der Waals surface area contributed by atoms with Gasteiger partial charge >= 0.3 is 0 Å². The molecule has 1 aliphatic heterocycles. The summed E-state index contributed by atoms with van der Waals surface area (Å²) in [5, 5.41) is -0.149. The van der Waals surface area contributed by atoms with Crippen LogP contribution >= 0.6 is 11.8 Å². The van der Waals surface area contributed by atoms with Crippen LogP contribution in [0.25, 0.3) is 0 Å². The number of benzene rings is 1. The van der Waals surface area contributed by atoms with E-state index in [1.807, 2.05) is 23.1 Å². The van der Waals surface area contributed by atoms with Crippen molar-refractivity contribution in [2.45, 2.75) is 36.0 Å². The van der Waals surface area contributed by atoms with Crippen LogP contribution in [-0.2, 0) is 9.53 Å². The van der Waals surface area contributed by atoms with Crippen molar-refractivity contribution in [3.8, 4) is 0 Å². The fraction of sp³-hybridized carbons (Fsp3) is 0.500. The maximum atomic E-state index is 11.2. The highest BCUT2D eigenvalue weighted by atomic mass is 32.2. The number of carbonyl (C=O) groups excluding carboxylic acids is 1. The summed E-state index contributed by atoms with van der Waals surface area (Å²) in [4.78, 5) is 14.4. The van der Waals surface area contributed by atoms with Crippen LogP contribution in [0.4, 0.5) is 5.69 Å². The van der Waals surface area contributed by atoms with Gasteiger partial charge in [-0.3, -0.25) is 0 Å². The van der Waals surface area contributed by atoms with Crippen LogP contribution in [0, 0.1) is 0 Å². The number of para-hydroxylation sites is 1. The first-order valence-electron chi connectivity index (χ1n) is 6.57. The largest absolute Gasteiger partial charge is 0.361 e. The van der Waals surface area contributed by atoms with Gasteiger partial charge in [0.05, 0.1) is 5.69 Å². The van der Waals surface area contributed by atoms with E-state index < -0.39 is 8.07 Å². The number of nitrogens with zero attached hydrogens (tertiary/aromatic N) is 1. The Kier molecular flexibility index (Phi) is 4.70. The second-order valence-electron chi connectivity index (χ2n) is 5.93. The minimum Gasteiger partial charge on any atom is -0.361 e. The SMILES string of the molecule is C[Si](C)(C)CCOCN1c2ccccc2SC1C=O. The predicted octanol–water partition coefficient (Wildman–Crippen LogP) is 3.44. The quantitative estimate of drug-likeness (QED) is 0.457. The molecule has 0 saturated heterocycles. The smallest absolute Gasteiger partial charge is 0.153 e. The van der Waals surface area contributed by atoms with Crippen LogP contribution in [0.2, 0.25) is 25.7 Å². The fourth-order valence-electron chi connectivity index (χ4n) is 1.91. The van der Waals surface area contributed by atoms with E-state index in [-0.39, 0.29) is 5.37 Å². The molecule has 1 aromatic rings. The molecule has 0 amide bonds. The van der Waals surface area contributed by atoms with Gasteiger partial charge in [-0.1, -0.05) is 43.5 Å². The topological polar surface area (TPSA) is 29.5 Å². The van der Waals surface area contributed by atoms with E-state index in [0.29, 0.717) is 6.73 Å². The maximum absolute atomic E-state index is 11.2. The molecular weight excluding hydrogens is 274 g/mol. The molecule has 0 aromatic heterocycles. The molecular formula is C14H21NO2SSi. The van der Waals surface area contributed by atoms with Crippen LogP contribution in [0.1, 0.15) is 0 Å². The predicted molar refractivity (Wildman–Crippen MR) is 83.6 cm³/mol. The van der Waals surface area contributed by atoms with Crippen molar-refractivity contribution in [1.29, 1.82) is 0 Å². The highest BCUT2D eigenvalue weighted by molar-refractivity contribution is 8.01. The second kappa shape index (κ2) is 6.11. The lowest BCUT2D eigenvalue weighted by atomic mass is 10.3. The second-order valence-corrected chi connectivity index (χ2v) is 12.7. The number of fused-ring (bicyclic) bond motifs is 1. The molecule has 0 radical (unpaired) electrons. The number of anilines is 1. The molecule has 0 saturated carbocycles. The van der Waals surface area contributed by atoms with E-state index in [0.717, 1.165) is 29.5 Å². The van der Waals surface area contributed by atoms with Crippen LogP contribution in [0.3, 0.4) is 0 Å². The minimum atomic E-state index is -1.05. The number of hydrogen-bond donors (Lipinski definition) is 0. The Labute approximate surface area is 120 Å². The van der Waals surface area contributed by atoms with Crippen molar-refractivity contribution in [2.24, 2.45) is 0 Å². The van der Waals surface area contributed by atoms with E-state index in [2.05, 4.69) is 25.7 Å². The Morgan fingerprint density at radius 2 is 2.11 bits per heavy atom. The number of ether oxygens (including phenoxy) is 1. The first kappa shape index (κ1) is 14.6. The van der Waals surface area contributed by atoms with Crippen molar-refractivity contribution in [3.05, 3.63) is 24.3 Å². The molecule has 19 heavy (non-hydrogen) atoms. The zero-order valence-corrected chi connectivity index (χ0v) is 13.6. The first-order chi connectivity index (χ1) is 9.01. The van der Waals surface area contributed by atoms with Crippen LogP contribution < -0.4 is 4.90 Å². The Morgan fingerprint density at radius 1 is 1.37 bits per heavy atom. The highest BCUT2D eigenvalue weighted by Gasteiger charge is 2.29. The van der Waals surface area contributed by atoms with Crippen molar-refractivity contribution < 1.29 is 9.53 Å². The van der Waals surface area contributed by atoms with Crippen molar-refractivity contribution in [1.82, 2.24) is 0 Å². The molecule has 1 heterocycles. The monoisotopic (exact) mass is 295 g/mol. The average molecular weight is 295 g/mol. The number of hydrogen-bond acceptors (Lipinski definition) is 4. The maximum Gasteiger partial charge on any atom is 0.153 e. The lowest BCUT2D eigenvalue weighted by Crippen LogP contribution is -2.33. The summed E-state index contributed by atoms with van der Waals surface area (Å²) < 4.78 is 5.77. The molecule has 3 nitrogen and oxygen atoms in total. The third kappa shape index (κ3) is 3.84. The van der Waals surface area contributed by atoms with Gasteiger partial charge in [-0.2, -0.15) is 0 Å². The number of aldehydes is 1. The summed E-state index contributed by atoms with van der Waals surface area (Å²) in [6.45, 7) is 8.30. The van der Waals surface area contributed by atoms with Gasteiger partial charge in [-0.25, -0.2) is 0 Å². The number of rotatable bonds is 6. The Balaban J connectivity index is 1.93. The van der Waals surface area contributed by atoms with E-state index in [1.54, 1.807) is 11.8 Å². The van der Waals surface area contributed by atoms with E-state index in [9.17, 15) is 4.79 Å². The molecule has 1 atom stereocenters. The molecule has 0 bridgehead atoms. The summed E-state index contributed by atoms with van der Waals surface area (Å²) in [7, 11) is -1.05. The van der Waals surface area contributed by atoms with Gasteiger partial charge in [0.2, 0.25) is 0 Å². The summed E-state index contributed by atoms with van der Waals surface area (Å²) >= 11 is 1.59. The molecule has 1 unspecified atom stereocenters. The zero-order valence-electron chi connectivity index (χ0n) is 11.8. The highest BCUT2D eigenvalue weighted by Crippen LogP contribution is 2.42.